The van der Waals surface area contributed by atoms with E-state index in [1.165, 1.54) is 14.2 Å². The molecule has 0 bridgehead atoms. The van der Waals surface area contributed by atoms with Crippen LogP contribution in [0.2, 0.25) is 0 Å². The van der Waals surface area contributed by atoms with Crippen LogP contribution in [0.1, 0.15) is 0 Å². The van der Waals surface area contributed by atoms with Gasteiger partial charge in [0.05, 0.1) is 14.2 Å². The zero-order valence-corrected chi connectivity index (χ0v) is 8.69. The van der Waals surface area contributed by atoms with Crippen molar-refractivity contribution >= 4 is 59.6 Å². The van der Waals surface area contributed by atoms with Crippen LogP contribution >= 0.6 is 8.25 Å². The zero-order chi connectivity index (χ0) is 4.99. The molecule has 0 aromatic heterocycles. The molecule has 0 saturated carbocycles. The SMILES string of the molecule is CO[P+](=O)OC.[K]. The van der Waals surface area contributed by atoms with Crippen molar-refractivity contribution in [3.63, 3.8) is 0 Å². The minimum atomic E-state index is -1.83. The van der Waals surface area contributed by atoms with E-state index in [2.05, 4.69) is 9.05 Å². The van der Waals surface area contributed by atoms with Gasteiger partial charge in [-0.3, -0.25) is 0 Å². The van der Waals surface area contributed by atoms with E-state index in [4.69, 9.17) is 0 Å². The van der Waals surface area contributed by atoms with Crippen LogP contribution in [0.4, 0.5) is 0 Å². The first-order valence-corrected chi connectivity index (χ1v) is 2.46. The molecule has 3 nitrogen and oxygen atoms in total. The largest absolute Gasteiger partial charge is 0.696 e. The first-order valence-electron chi connectivity index (χ1n) is 1.36. The second-order valence-electron chi connectivity index (χ2n) is 0.589. The van der Waals surface area contributed by atoms with Crippen molar-refractivity contribution in [2.45, 2.75) is 0 Å². The summed E-state index contributed by atoms with van der Waals surface area (Å²) in [5.74, 6) is 0. The smallest absolute Gasteiger partial charge is 0.122 e. The Kier molecular flexibility index (Phi) is 12.5. The summed E-state index contributed by atoms with van der Waals surface area (Å²) in [7, 11) is 0.817. The molecule has 0 amide bonds. The quantitative estimate of drug-likeness (QED) is 0.424. The van der Waals surface area contributed by atoms with Crippen LogP contribution in [0, 0.1) is 0 Å². The van der Waals surface area contributed by atoms with Gasteiger partial charge in [-0.15, -0.1) is 9.05 Å². The second kappa shape index (κ2) is 7.66. The molecule has 7 heavy (non-hydrogen) atoms. The van der Waals surface area contributed by atoms with Gasteiger partial charge in [0.25, 0.3) is 0 Å². The summed E-state index contributed by atoms with van der Waals surface area (Å²) in [6.45, 7) is 0. The minimum Gasteiger partial charge on any atom is -0.122 e. The molecule has 0 spiro atoms. The molecule has 0 aliphatic heterocycles. The van der Waals surface area contributed by atoms with Crippen molar-refractivity contribution < 1.29 is 13.6 Å². The van der Waals surface area contributed by atoms with Crippen molar-refractivity contribution in [2.75, 3.05) is 14.2 Å². The first-order chi connectivity index (χ1) is 2.81. The fourth-order valence-electron chi connectivity index (χ4n) is 0.0745. The van der Waals surface area contributed by atoms with Crippen LogP contribution < -0.4 is 0 Å². The van der Waals surface area contributed by atoms with Crippen molar-refractivity contribution in [2.24, 2.45) is 0 Å². The third kappa shape index (κ3) is 7.66. The molecule has 0 heterocycles. The van der Waals surface area contributed by atoms with Gasteiger partial charge in [-0.1, -0.05) is 0 Å². The topological polar surface area (TPSA) is 35.5 Å². The zero-order valence-electron chi connectivity index (χ0n) is 4.67. The standard InChI is InChI=1S/C2H6O3P.K/c1-4-6(3)5-2;/h1-2H3;/q+1;. The third-order valence-electron chi connectivity index (χ3n) is 0.298. The van der Waals surface area contributed by atoms with Crippen LogP contribution in [-0.4, -0.2) is 65.6 Å². The van der Waals surface area contributed by atoms with E-state index < -0.39 is 8.25 Å². The van der Waals surface area contributed by atoms with Crippen molar-refractivity contribution in [3.05, 3.63) is 0 Å². The van der Waals surface area contributed by atoms with Gasteiger partial charge in [0.15, 0.2) is 0 Å². The van der Waals surface area contributed by atoms with Gasteiger partial charge in [0.1, 0.15) is 0 Å². The maximum atomic E-state index is 9.88. The molecule has 0 aromatic rings. The van der Waals surface area contributed by atoms with Gasteiger partial charge in [-0.05, 0) is 0 Å². The molecule has 0 N–H and O–H groups in total. The Morgan fingerprint density at radius 2 is 1.57 bits per heavy atom. The molecule has 0 unspecified atom stereocenters. The van der Waals surface area contributed by atoms with Crippen LogP contribution in [0.5, 0.6) is 0 Å². The average molecular weight is 148 g/mol. The van der Waals surface area contributed by atoms with Gasteiger partial charge in [-0.25, -0.2) is 0 Å². The summed E-state index contributed by atoms with van der Waals surface area (Å²) in [4.78, 5) is 0. The Morgan fingerprint density at radius 3 is 1.57 bits per heavy atom. The van der Waals surface area contributed by atoms with Crippen LogP contribution in [-0.2, 0) is 13.6 Å². The molecular formula is C2H6KO3P+. The molecule has 1 radical (unpaired) electrons. The fraction of sp³-hybridized carbons (Fsp3) is 1.00. The van der Waals surface area contributed by atoms with E-state index in [1.54, 1.807) is 0 Å². The molecule has 5 heteroatoms. The van der Waals surface area contributed by atoms with E-state index in [9.17, 15) is 4.57 Å². The Morgan fingerprint density at radius 1 is 1.29 bits per heavy atom. The predicted octanol–water partition coefficient (Wildman–Crippen LogP) is 0.556. The molecule has 0 aliphatic rings. The Bertz CT molecular complexity index is 50.9. The minimum absolute atomic E-state index is 0. The summed E-state index contributed by atoms with van der Waals surface area (Å²) in [5.41, 5.74) is 0. The van der Waals surface area contributed by atoms with Crippen molar-refractivity contribution in [3.8, 4) is 0 Å². The van der Waals surface area contributed by atoms with E-state index in [-0.39, 0.29) is 51.4 Å². The van der Waals surface area contributed by atoms with Crippen molar-refractivity contribution in [1.82, 2.24) is 0 Å². The Balaban J connectivity index is 0. The molecule has 0 atom stereocenters. The average Bonchev–Trinajstić information content (AvgIpc) is 1.65. The normalized spacial score (nSPS) is 7.14. The van der Waals surface area contributed by atoms with E-state index in [0.29, 0.717) is 0 Å². The fourth-order valence-corrected chi connectivity index (χ4v) is 0.224. The molecule has 0 rings (SSSR count). The molecule has 0 aromatic carbocycles. The van der Waals surface area contributed by atoms with E-state index >= 15 is 0 Å². The Labute approximate surface area is 86.1 Å². The van der Waals surface area contributed by atoms with Gasteiger partial charge in [0.2, 0.25) is 0 Å². The number of hydrogen-bond donors (Lipinski definition) is 0. The summed E-state index contributed by atoms with van der Waals surface area (Å²) in [6, 6.07) is 0. The number of rotatable bonds is 2. The van der Waals surface area contributed by atoms with Gasteiger partial charge in [0, 0.05) is 55.9 Å². The summed E-state index contributed by atoms with van der Waals surface area (Å²) < 4.78 is 18.3. The van der Waals surface area contributed by atoms with Crippen LogP contribution in [0.25, 0.3) is 0 Å². The maximum Gasteiger partial charge on any atom is 0.696 e. The maximum absolute atomic E-state index is 9.88. The molecule has 0 fully saturated rings. The first kappa shape index (κ1) is 11.5. The van der Waals surface area contributed by atoms with Crippen LogP contribution in [0.15, 0.2) is 0 Å². The monoisotopic (exact) mass is 148 g/mol. The van der Waals surface area contributed by atoms with Gasteiger partial charge < -0.3 is 0 Å². The van der Waals surface area contributed by atoms with Crippen LogP contribution in [0.3, 0.4) is 0 Å². The molecule has 0 aliphatic carbocycles. The summed E-state index contributed by atoms with van der Waals surface area (Å²) in [5, 5.41) is 0. The Hall–Kier alpha value is 1.66. The van der Waals surface area contributed by atoms with Crippen molar-refractivity contribution in [1.29, 1.82) is 0 Å². The van der Waals surface area contributed by atoms with Gasteiger partial charge in [-0.2, -0.15) is 0 Å². The second-order valence-corrected chi connectivity index (χ2v) is 1.77. The predicted molar refractivity (Wildman–Crippen MR) is 27.4 cm³/mol. The van der Waals surface area contributed by atoms with E-state index in [0.717, 1.165) is 0 Å². The number of hydrogen-bond acceptors (Lipinski definition) is 3. The van der Waals surface area contributed by atoms with E-state index in [1.807, 2.05) is 0 Å². The molecule has 0 saturated heterocycles. The summed E-state index contributed by atoms with van der Waals surface area (Å²) >= 11 is 0. The van der Waals surface area contributed by atoms with Gasteiger partial charge >= 0.3 is 8.25 Å². The summed E-state index contributed by atoms with van der Waals surface area (Å²) in [6.07, 6.45) is 0. The molecule has 37 valence electrons. The molecular weight excluding hydrogens is 142 g/mol. The third-order valence-corrected chi connectivity index (χ3v) is 0.894.